The Morgan fingerprint density at radius 2 is 1.87 bits per heavy atom. The first-order valence-corrected chi connectivity index (χ1v) is 5.26. The Bertz CT molecular complexity index is 284. The second-order valence-electron chi connectivity index (χ2n) is 3.87. The highest BCUT2D eigenvalue weighted by Crippen LogP contribution is 2.12. The Hall–Kier alpha value is -0.930. The highest BCUT2D eigenvalue weighted by Gasteiger charge is 2.04. The predicted octanol–water partition coefficient (Wildman–Crippen LogP) is 2.25. The van der Waals surface area contributed by atoms with E-state index in [0.717, 1.165) is 18.5 Å². The lowest BCUT2D eigenvalue weighted by Crippen LogP contribution is -2.22. The largest absolute Gasteiger partial charge is 0.393 e. The number of hydrogen-bond donors (Lipinski definition) is 2. The maximum absolute atomic E-state index is 12.7. The van der Waals surface area contributed by atoms with Gasteiger partial charge in [-0.05, 0) is 44.5 Å². The van der Waals surface area contributed by atoms with Crippen LogP contribution in [0.4, 0.5) is 4.39 Å². The van der Waals surface area contributed by atoms with Gasteiger partial charge >= 0.3 is 0 Å². The van der Waals surface area contributed by atoms with Crippen molar-refractivity contribution in [1.82, 2.24) is 5.32 Å². The van der Waals surface area contributed by atoms with Crippen LogP contribution in [-0.2, 0) is 0 Å². The van der Waals surface area contributed by atoms with Gasteiger partial charge in [-0.25, -0.2) is 4.39 Å². The van der Waals surface area contributed by atoms with E-state index in [9.17, 15) is 4.39 Å². The van der Waals surface area contributed by atoms with E-state index in [4.69, 9.17) is 5.11 Å². The fourth-order valence-electron chi connectivity index (χ4n) is 1.38. The smallest absolute Gasteiger partial charge is 0.123 e. The van der Waals surface area contributed by atoms with Crippen LogP contribution in [0.2, 0.25) is 0 Å². The molecular formula is C12H18FNO. The molecule has 0 amide bonds. The molecule has 15 heavy (non-hydrogen) atoms. The van der Waals surface area contributed by atoms with Crippen molar-refractivity contribution in [3.8, 4) is 0 Å². The Labute approximate surface area is 90.1 Å². The molecule has 2 nitrogen and oxygen atoms in total. The number of nitrogens with one attached hydrogen (secondary N) is 1. The third kappa shape index (κ3) is 4.40. The zero-order valence-corrected chi connectivity index (χ0v) is 9.20. The third-order valence-corrected chi connectivity index (χ3v) is 2.38. The number of aliphatic hydroxyl groups excluding tert-OH is 1. The van der Waals surface area contributed by atoms with Crippen LogP contribution in [0.5, 0.6) is 0 Å². The van der Waals surface area contributed by atoms with Crippen LogP contribution >= 0.6 is 0 Å². The number of aliphatic hydroxyl groups is 1. The molecule has 0 aromatic heterocycles. The molecule has 3 heteroatoms. The Morgan fingerprint density at radius 3 is 2.40 bits per heavy atom. The first-order chi connectivity index (χ1) is 7.09. The maximum atomic E-state index is 12.7. The summed E-state index contributed by atoms with van der Waals surface area (Å²) in [5, 5.41) is 12.3. The van der Waals surface area contributed by atoms with E-state index in [0.29, 0.717) is 0 Å². The van der Waals surface area contributed by atoms with E-state index in [1.807, 2.05) is 6.92 Å². The number of rotatable bonds is 5. The lowest BCUT2D eigenvalue weighted by atomic mass is 10.1. The fourth-order valence-corrected chi connectivity index (χ4v) is 1.38. The molecule has 0 unspecified atom stereocenters. The molecule has 0 aliphatic carbocycles. The van der Waals surface area contributed by atoms with Crippen molar-refractivity contribution in [3.63, 3.8) is 0 Å². The van der Waals surface area contributed by atoms with E-state index >= 15 is 0 Å². The minimum Gasteiger partial charge on any atom is -0.393 e. The van der Waals surface area contributed by atoms with Gasteiger partial charge in [0.1, 0.15) is 5.82 Å². The zero-order valence-electron chi connectivity index (χ0n) is 9.20. The molecule has 0 heterocycles. The summed E-state index contributed by atoms with van der Waals surface area (Å²) in [4.78, 5) is 0. The molecule has 0 saturated carbocycles. The molecule has 0 radical (unpaired) electrons. The summed E-state index contributed by atoms with van der Waals surface area (Å²) in [6.45, 7) is 4.55. The topological polar surface area (TPSA) is 32.3 Å². The average Bonchev–Trinajstić information content (AvgIpc) is 2.18. The molecule has 0 fully saturated rings. The predicted molar refractivity (Wildman–Crippen MR) is 59.1 cm³/mol. The third-order valence-electron chi connectivity index (χ3n) is 2.38. The monoisotopic (exact) mass is 211 g/mol. The van der Waals surface area contributed by atoms with Gasteiger partial charge in [0.2, 0.25) is 0 Å². The molecule has 1 rings (SSSR count). The van der Waals surface area contributed by atoms with Gasteiger partial charge in [-0.2, -0.15) is 0 Å². The van der Waals surface area contributed by atoms with Gasteiger partial charge in [0, 0.05) is 6.04 Å². The molecule has 84 valence electrons. The maximum Gasteiger partial charge on any atom is 0.123 e. The van der Waals surface area contributed by atoms with Gasteiger partial charge in [-0.3, -0.25) is 0 Å². The van der Waals surface area contributed by atoms with Crippen molar-refractivity contribution in [1.29, 1.82) is 0 Å². The second-order valence-corrected chi connectivity index (χ2v) is 3.87. The number of benzene rings is 1. The number of hydrogen-bond acceptors (Lipinski definition) is 2. The molecule has 0 aliphatic heterocycles. The average molecular weight is 211 g/mol. The molecule has 0 saturated heterocycles. The zero-order chi connectivity index (χ0) is 11.3. The minimum atomic E-state index is -0.280. The highest BCUT2D eigenvalue weighted by molar-refractivity contribution is 5.19. The van der Waals surface area contributed by atoms with E-state index in [-0.39, 0.29) is 18.0 Å². The molecule has 2 atom stereocenters. The van der Waals surface area contributed by atoms with Crippen LogP contribution < -0.4 is 5.32 Å². The van der Waals surface area contributed by atoms with Crippen LogP contribution in [0.3, 0.4) is 0 Å². The van der Waals surface area contributed by atoms with Gasteiger partial charge in [-0.15, -0.1) is 0 Å². The number of halogens is 1. The first kappa shape index (κ1) is 12.1. The molecule has 0 aliphatic rings. The second kappa shape index (κ2) is 5.83. The van der Waals surface area contributed by atoms with Crippen LogP contribution in [0.15, 0.2) is 24.3 Å². The summed E-state index contributed by atoms with van der Waals surface area (Å²) in [6, 6.07) is 6.65. The lowest BCUT2D eigenvalue weighted by molar-refractivity contribution is 0.182. The van der Waals surface area contributed by atoms with E-state index in [1.165, 1.54) is 12.1 Å². The standard InChI is InChI=1S/C12H18FNO/c1-9(15)7-8-14-10(2)11-3-5-12(13)6-4-11/h3-6,9-10,14-15H,7-8H2,1-2H3/t9-,10+/m0/s1. The summed E-state index contributed by atoms with van der Waals surface area (Å²) in [7, 11) is 0. The van der Waals surface area contributed by atoms with E-state index < -0.39 is 0 Å². The highest BCUT2D eigenvalue weighted by atomic mass is 19.1. The fraction of sp³-hybridized carbons (Fsp3) is 0.500. The summed E-state index contributed by atoms with van der Waals surface area (Å²) in [5.74, 6) is -0.213. The first-order valence-electron chi connectivity index (χ1n) is 5.26. The summed E-state index contributed by atoms with van der Waals surface area (Å²) in [6.07, 6.45) is 0.448. The van der Waals surface area contributed by atoms with Crippen molar-refractivity contribution >= 4 is 0 Å². The normalized spacial score (nSPS) is 14.9. The SMILES string of the molecule is C[C@H](O)CCN[C@H](C)c1ccc(F)cc1. The lowest BCUT2D eigenvalue weighted by Gasteiger charge is -2.14. The van der Waals surface area contributed by atoms with Gasteiger partial charge in [0.05, 0.1) is 6.10 Å². The molecule has 1 aromatic carbocycles. The van der Waals surface area contributed by atoms with Crippen molar-refractivity contribution in [2.75, 3.05) is 6.54 Å². The Kier molecular flexibility index (Phi) is 4.72. The van der Waals surface area contributed by atoms with Crippen LogP contribution in [0.25, 0.3) is 0 Å². The van der Waals surface area contributed by atoms with Gasteiger partial charge in [0.15, 0.2) is 0 Å². The van der Waals surface area contributed by atoms with Crippen molar-refractivity contribution < 1.29 is 9.50 Å². The quantitative estimate of drug-likeness (QED) is 0.783. The van der Waals surface area contributed by atoms with E-state index in [1.54, 1.807) is 19.1 Å². The molecule has 1 aromatic rings. The molecular weight excluding hydrogens is 193 g/mol. The van der Waals surface area contributed by atoms with Crippen LogP contribution in [0.1, 0.15) is 31.9 Å². The summed E-state index contributed by atoms with van der Waals surface area (Å²) in [5.41, 5.74) is 1.06. The Morgan fingerprint density at radius 1 is 1.27 bits per heavy atom. The van der Waals surface area contributed by atoms with Gasteiger partial charge in [0.25, 0.3) is 0 Å². The van der Waals surface area contributed by atoms with Gasteiger partial charge < -0.3 is 10.4 Å². The van der Waals surface area contributed by atoms with Gasteiger partial charge in [-0.1, -0.05) is 12.1 Å². The van der Waals surface area contributed by atoms with Crippen LogP contribution in [0, 0.1) is 5.82 Å². The van der Waals surface area contributed by atoms with Crippen LogP contribution in [-0.4, -0.2) is 17.8 Å². The van der Waals surface area contributed by atoms with Crippen molar-refractivity contribution in [3.05, 3.63) is 35.6 Å². The van der Waals surface area contributed by atoms with E-state index in [2.05, 4.69) is 5.32 Å². The summed E-state index contributed by atoms with van der Waals surface area (Å²) < 4.78 is 12.7. The molecule has 0 spiro atoms. The van der Waals surface area contributed by atoms with Crippen molar-refractivity contribution in [2.24, 2.45) is 0 Å². The molecule has 0 bridgehead atoms. The Balaban J connectivity index is 2.40. The molecule has 2 N–H and O–H groups in total. The minimum absolute atomic E-state index is 0.185. The van der Waals surface area contributed by atoms with Crippen molar-refractivity contribution in [2.45, 2.75) is 32.4 Å². The summed E-state index contributed by atoms with van der Waals surface area (Å²) >= 11 is 0.